The highest BCUT2D eigenvalue weighted by atomic mass is 16.5. The third-order valence-electron chi connectivity index (χ3n) is 8.90. The number of amides is 3. The Morgan fingerprint density at radius 1 is 0.875 bits per heavy atom. The molecule has 0 fully saturated rings. The molecule has 1 atom stereocenters. The maximum Gasteiger partial charge on any atom is 0.330 e. The highest BCUT2D eigenvalue weighted by molar-refractivity contribution is 6.08. The molecule has 0 aliphatic heterocycles. The van der Waals surface area contributed by atoms with Crippen molar-refractivity contribution >= 4 is 29.4 Å². The van der Waals surface area contributed by atoms with Crippen molar-refractivity contribution in [2.75, 3.05) is 44.6 Å². The van der Waals surface area contributed by atoms with Crippen LogP contribution in [0.25, 0.3) is 0 Å². The first-order valence-electron chi connectivity index (χ1n) is 16.8. The van der Waals surface area contributed by atoms with Gasteiger partial charge in [0.05, 0.1) is 6.61 Å². The molecule has 5 rings (SSSR count). The highest BCUT2D eigenvalue weighted by Crippen LogP contribution is 2.47. The number of carbonyl (C=O) groups excluding carboxylic acids is 4. The summed E-state index contributed by atoms with van der Waals surface area (Å²) in [4.78, 5) is 53.7. The molecule has 0 saturated carbocycles. The number of nitrogens with one attached hydrogen (secondary N) is 3. The van der Waals surface area contributed by atoms with Crippen molar-refractivity contribution in [3.05, 3.63) is 124 Å². The molecule has 0 heterocycles. The topological polar surface area (TPSA) is 117 Å². The minimum Gasteiger partial charge on any atom is -0.462 e. The second-order valence-corrected chi connectivity index (χ2v) is 12.1. The average molecular weight is 649 g/mol. The van der Waals surface area contributed by atoms with E-state index in [0.717, 1.165) is 56.1 Å². The van der Waals surface area contributed by atoms with E-state index in [9.17, 15) is 19.2 Å². The van der Waals surface area contributed by atoms with Crippen LogP contribution >= 0.6 is 0 Å². The average Bonchev–Trinajstić information content (AvgIpc) is 3.11. The molecule has 0 aromatic heterocycles. The van der Waals surface area contributed by atoms with Crippen molar-refractivity contribution in [1.82, 2.24) is 15.5 Å². The van der Waals surface area contributed by atoms with E-state index in [4.69, 9.17) is 4.74 Å². The molecule has 0 bridgehead atoms. The van der Waals surface area contributed by atoms with Gasteiger partial charge in [0, 0.05) is 47.5 Å². The number of esters is 1. The summed E-state index contributed by atoms with van der Waals surface area (Å²) < 4.78 is 4.97. The molecule has 9 heteroatoms. The van der Waals surface area contributed by atoms with E-state index in [2.05, 4.69) is 77.7 Å². The summed E-state index contributed by atoms with van der Waals surface area (Å²) in [5.41, 5.74) is 7.26. The van der Waals surface area contributed by atoms with Crippen molar-refractivity contribution in [3.8, 4) is 0 Å². The van der Waals surface area contributed by atoms with Gasteiger partial charge in [0.25, 0.3) is 17.7 Å². The first-order valence-corrected chi connectivity index (χ1v) is 16.8. The molecule has 250 valence electrons. The molecule has 3 amide bonds. The molecule has 1 unspecified atom stereocenters. The Balaban J connectivity index is 1.30. The van der Waals surface area contributed by atoms with Crippen LogP contribution in [-0.2, 0) is 14.3 Å². The van der Waals surface area contributed by atoms with Crippen molar-refractivity contribution in [1.29, 1.82) is 0 Å². The molecular weight excluding hydrogens is 604 g/mol. The fourth-order valence-corrected chi connectivity index (χ4v) is 6.33. The zero-order valence-electron chi connectivity index (χ0n) is 27.8. The lowest BCUT2D eigenvalue weighted by atomic mass is 9.68. The minimum absolute atomic E-state index is 0.112. The van der Waals surface area contributed by atoms with Gasteiger partial charge in [-0.1, -0.05) is 56.9 Å². The molecule has 0 radical (unpaired) electrons. The van der Waals surface area contributed by atoms with Crippen molar-refractivity contribution < 1.29 is 23.9 Å². The number of rotatable bonds is 16. The number of nitrogens with zero attached hydrogens (tertiary/aromatic N) is 1. The molecule has 1 aromatic rings. The van der Waals surface area contributed by atoms with Crippen LogP contribution in [0.5, 0.6) is 0 Å². The fourth-order valence-electron chi connectivity index (χ4n) is 6.33. The Kier molecular flexibility index (Phi) is 11.6. The maximum atomic E-state index is 13.7. The second-order valence-electron chi connectivity index (χ2n) is 12.1. The Morgan fingerprint density at radius 3 is 2.31 bits per heavy atom. The van der Waals surface area contributed by atoms with Crippen molar-refractivity contribution in [2.24, 2.45) is 5.92 Å². The molecule has 4 aliphatic rings. The summed E-state index contributed by atoms with van der Waals surface area (Å²) >= 11 is 0. The van der Waals surface area contributed by atoms with Gasteiger partial charge in [0.1, 0.15) is 0 Å². The number of carbonyl (C=O) groups is 4. The minimum atomic E-state index is -0.527. The summed E-state index contributed by atoms with van der Waals surface area (Å²) in [5, 5.41) is 8.69. The van der Waals surface area contributed by atoms with Crippen LogP contribution in [0.4, 0.5) is 5.69 Å². The van der Waals surface area contributed by atoms with Crippen LogP contribution in [0.1, 0.15) is 60.2 Å². The van der Waals surface area contributed by atoms with Crippen molar-refractivity contribution in [3.63, 3.8) is 0 Å². The van der Waals surface area contributed by atoms with E-state index in [1.165, 1.54) is 22.8 Å². The van der Waals surface area contributed by atoms with Crippen LogP contribution in [0, 0.1) is 5.92 Å². The number of benzene rings is 1. The van der Waals surface area contributed by atoms with Crippen LogP contribution in [0.3, 0.4) is 0 Å². The van der Waals surface area contributed by atoms with Gasteiger partial charge in [0.2, 0.25) is 0 Å². The van der Waals surface area contributed by atoms with Gasteiger partial charge in [-0.25, -0.2) is 4.79 Å². The zero-order chi connectivity index (χ0) is 34.0. The van der Waals surface area contributed by atoms with Crippen LogP contribution in [0.15, 0.2) is 113 Å². The predicted molar refractivity (Wildman–Crippen MR) is 188 cm³/mol. The van der Waals surface area contributed by atoms with Crippen LogP contribution in [0.2, 0.25) is 0 Å². The first-order chi connectivity index (χ1) is 23.3. The van der Waals surface area contributed by atoms with Crippen LogP contribution < -0.4 is 16.0 Å². The smallest absolute Gasteiger partial charge is 0.330 e. The lowest BCUT2D eigenvalue weighted by Crippen LogP contribution is -2.29. The van der Waals surface area contributed by atoms with Gasteiger partial charge in [0.15, 0.2) is 0 Å². The summed E-state index contributed by atoms with van der Waals surface area (Å²) in [6, 6.07) is 4.68. The van der Waals surface area contributed by atoms with E-state index in [1.54, 1.807) is 12.1 Å². The summed E-state index contributed by atoms with van der Waals surface area (Å²) in [6.07, 6.45) is 20.7. The Hall–Kier alpha value is -5.02. The monoisotopic (exact) mass is 648 g/mol. The lowest BCUT2D eigenvalue weighted by Gasteiger charge is -2.35. The lowest BCUT2D eigenvalue weighted by molar-refractivity contribution is -0.137. The zero-order valence-corrected chi connectivity index (χ0v) is 27.8. The van der Waals surface area contributed by atoms with Crippen LogP contribution in [-0.4, -0.2) is 67.9 Å². The molecule has 0 saturated heterocycles. The number of unbranched alkanes of at least 4 members (excludes halogenated alkanes) is 1. The third kappa shape index (κ3) is 8.27. The standard InChI is InChI=1S/C39H44N4O5/c1-4-34(44)48-20-10-18-41-38(46)32-23-31(37(45)40-17-7-8-19-43(5-2)6-3)24-33(25-32)42-39(47)30-21-28-15-13-26-11-9-12-27-14-16-29(22-30)36(28)35(26)27/h4,9,11,13-16,21-25,36H,1,5-8,10,12,17-20H2,2-3H3,(H,40,45)(H,41,46)(H,42,47). The quantitative estimate of drug-likeness (QED) is 0.124. The molecule has 1 aromatic carbocycles. The van der Waals surface area contributed by atoms with Gasteiger partial charge in [-0.3, -0.25) is 14.4 Å². The van der Waals surface area contributed by atoms with E-state index in [1.807, 2.05) is 12.2 Å². The summed E-state index contributed by atoms with van der Waals surface area (Å²) in [5.74, 6) is -1.49. The Morgan fingerprint density at radius 2 is 1.60 bits per heavy atom. The number of hydrogen-bond donors (Lipinski definition) is 3. The predicted octanol–water partition coefficient (Wildman–Crippen LogP) is 5.50. The molecule has 4 aliphatic carbocycles. The van der Waals surface area contributed by atoms with E-state index >= 15 is 0 Å². The van der Waals surface area contributed by atoms with E-state index < -0.39 is 11.9 Å². The third-order valence-corrected chi connectivity index (χ3v) is 8.90. The summed E-state index contributed by atoms with van der Waals surface area (Å²) in [6.45, 7) is 11.5. The number of allylic oxidation sites excluding steroid dienone is 12. The normalized spacial score (nSPS) is 17.0. The van der Waals surface area contributed by atoms with Gasteiger partial charge >= 0.3 is 5.97 Å². The van der Waals surface area contributed by atoms with Gasteiger partial charge in [-0.2, -0.15) is 0 Å². The van der Waals surface area contributed by atoms with Gasteiger partial charge in [-0.05, 0) is 104 Å². The molecule has 9 nitrogen and oxygen atoms in total. The molecule has 0 spiro atoms. The first kappa shape index (κ1) is 34.3. The van der Waals surface area contributed by atoms with Crippen molar-refractivity contribution in [2.45, 2.75) is 39.5 Å². The summed E-state index contributed by atoms with van der Waals surface area (Å²) in [7, 11) is 0. The highest BCUT2D eigenvalue weighted by Gasteiger charge is 2.34. The molecule has 3 N–H and O–H groups in total. The number of anilines is 1. The van der Waals surface area contributed by atoms with E-state index in [-0.39, 0.29) is 42.0 Å². The van der Waals surface area contributed by atoms with Gasteiger partial charge in [-0.15, -0.1) is 0 Å². The SMILES string of the molecule is C=CC(=O)OCCCNC(=O)c1cc(NC(=O)C2=CC3=CC=C4CC=CC5=C4C3C(=C2)C=C5)cc(C(=O)NCCCCN(CC)CC)c1. The largest absolute Gasteiger partial charge is 0.462 e. The Labute approximate surface area is 282 Å². The second kappa shape index (κ2) is 16.2. The fraction of sp³-hybridized carbons (Fsp3) is 0.333. The molecule has 48 heavy (non-hydrogen) atoms. The number of ether oxygens (including phenoxy) is 1. The Bertz CT molecular complexity index is 1700. The molecular formula is C39H44N4O5. The van der Waals surface area contributed by atoms with E-state index in [0.29, 0.717) is 24.2 Å². The number of hydrogen-bond acceptors (Lipinski definition) is 6. The maximum absolute atomic E-state index is 13.7. The van der Waals surface area contributed by atoms with Gasteiger partial charge < -0.3 is 25.6 Å².